The zero-order valence-electron chi connectivity index (χ0n) is 61.1. The monoisotopic (exact) mass is 1620 g/mol. The quantitative estimate of drug-likeness (QED) is 0.0728. The standard InChI is InChI=1S/C62H72N16O24S4.4H3N/c1-59-61(3)75-31-67-49-47-63(51(67)79)29-65-48-50-69(53(65)81)33-77-57(85)73-27-41-42(46(102-20-12-24-106(96,97)98)38-16-8-7-15-37(38)45(41)101-19-11-23-105(93,94)95)28-74-58(86)78(62(77,4)60(73,74)2)34-70(50)54(82)66(48)30-64(47)52(80)68(49)32-76(61)56(84)72(59)26-40-39(25-71(59)55(75)83)43(99-17-9-21-103(87,88)89)35-13-5-6-14-36(35)44(40)100-18-10-22-104(90,91)92;;;;/h5-8,13-16,47-50H,9-12,17-34H2,1-4H3,(H,87,88,89)(H,90,91,92)(H,93,94,95)(H,96,97,98);4*1H3. The van der Waals surface area contributed by atoms with Crippen molar-refractivity contribution in [3.05, 3.63) is 70.8 Å². The molecule has 0 radical (unpaired) electrons. The summed E-state index contributed by atoms with van der Waals surface area (Å²) in [5.41, 5.74) is -5.90. The minimum absolute atomic E-state index is 0. The molecular weight excluding hydrogens is 1540 g/mol. The van der Waals surface area contributed by atoms with E-state index in [0.29, 0.717) is 21.5 Å². The highest BCUT2D eigenvalue weighted by atomic mass is 32.2. The van der Waals surface area contributed by atoms with Crippen LogP contribution in [-0.2, 0) is 66.7 Å². The molecule has 0 spiro atoms. The molecule has 0 atom stereocenters. The average Bonchev–Trinajstić information content (AvgIpc) is 1.49. The first-order valence-corrected chi connectivity index (χ1v) is 40.3. The maximum Gasteiger partial charge on any atom is 0.326 e. The molecule has 11 saturated heterocycles. The van der Waals surface area contributed by atoms with Crippen molar-refractivity contribution in [2.24, 2.45) is 0 Å². The normalized spacial score (nSPS) is 27.3. The van der Waals surface area contributed by atoms with E-state index in [4.69, 9.17) is 18.9 Å². The number of hydrogen-bond acceptors (Lipinski definition) is 24. The van der Waals surface area contributed by atoms with Gasteiger partial charge in [0.05, 0.1) is 93.1 Å². The summed E-state index contributed by atoms with van der Waals surface area (Å²) in [7, 11) is -18.7. The summed E-state index contributed by atoms with van der Waals surface area (Å²) in [4.78, 5) is 148. The molecular formula is C62H84N20O24S4. The van der Waals surface area contributed by atoms with Gasteiger partial charge in [0, 0.05) is 66.8 Å². The van der Waals surface area contributed by atoms with Gasteiger partial charge in [-0.15, -0.1) is 0 Å². The van der Waals surface area contributed by atoms with Crippen LogP contribution in [0.5, 0.6) is 23.0 Å². The Balaban J connectivity index is 0.00000266. The summed E-state index contributed by atoms with van der Waals surface area (Å²) in [6, 6.07) is 7.33. The van der Waals surface area contributed by atoms with Crippen LogP contribution in [0.25, 0.3) is 21.5 Å². The third kappa shape index (κ3) is 10.7. The maximum absolute atomic E-state index is 15.9. The number of amides is 16. The summed E-state index contributed by atoms with van der Waals surface area (Å²) < 4.78 is 167. The van der Waals surface area contributed by atoms with Gasteiger partial charge in [-0.1, -0.05) is 48.5 Å². The predicted molar refractivity (Wildman–Crippen MR) is 376 cm³/mol. The largest absolute Gasteiger partial charge is 0.748 e. The number of carbonyl (C=O) groups is 8. The minimum atomic E-state index is -4.69. The van der Waals surface area contributed by atoms with Gasteiger partial charge < -0.3 is 61.8 Å². The molecule has 13 aliphatic rings. The fourth-order valence-corrected chi connectivity index (χ4v) is 20.4. The molecule has 13 aliphatic heterocycles. The van der Waals surface area contributed by atoms with Gasteiger partial charge in [0.2, 0.25) is 0 Å². The Morgan fingerprint density at radius 1 is 0.309 bits per heavy atom. The number of benzene rings is 4. The summed E-state index contributed by atoms with van der Waals surface area (Å²) in [6.45, 7) is 0.311. The highest BCUT2D eigenvalue weighted by Gasteiger charge is 2.80. The third-order valence-corrected chi connectivity index (χ3v) is 26.9. The highest BCUT2D eigenvalue weighted by molar-refractivity contribution is 7.86. The Morgan fingerprint density at radius 2 is 0.491 bits per heavy atom. The van der Waals surface area contributed by atoms with Crippen LogP contribution in [0.1, 0.15) is 75.6 Å². The van der Waals surface area contributed by atoms with Crippen molar-refractivity contribution in [1.29, 1.82) is 0 Å². The Labute approximate surface area is 629 Å². The second kappa shape index (κ2) is 25.9. The van der Waals surface area contributed by atoms with Crippen LogP contribution < -0.4 is 43.5 Å². The molecule has 13 heterocycles. The molecule has 0 aliphatic carbocycles. The van der Waals surface area contributed by atoms with Gasteiger partial charge in [-0.05, 0) is 53.4 Å². The van der Waals surface area contributed by atoms with E-state index in [0.717, 1.165) is 0 Å². The van der Waals surface area contributed by atoms with Crippen LogP contribution >= 0.6 is 0 Å². The van der Waals surface area contributed by atoms with Gasteiger partial charge in [-0.25, -0.2) is 72.0 Å². The van der Waals surface area contributed by atoms with Crippen LogP contribution in [0.3, 0.4) is 0 Å². The van der Waals surface area contributed by atoms with E-state index in [1.54, 1.807) is 76.2 Å². The molecule has 4 aromatic rings. The predicted octanol–water partition coefficient (Wildman–Crippen LogP) is 2.34. The SMILES string of the molecule is CC12N3Cc4c(c(OCCCS(=O)(=O)[O-])c5ccccc5c4OCCCS(=O)(=O)[O-])CN1C(=O)N1CN4C(=O)N5CN6C(=O)N7CN8C(=O)N9Cc%10c(c(OCCCS(=O)(=O)[O-])c%11ccccc%11c%10OCCCS(=O)(=O)[O-])CN%10C(=O)N(CN%11C(=O)N(CN%12C(=O)N(CN(C3=O)C12C)C4C%125)C6C%117)C8(C)C%109C.[NH4+].[NH4+].[NH4+].[NH4+]. The Bertz CT molecular complexity index is 4540. The van der Waals surface area contributed by atoms with Crippen molar-refractivity contribution in [2.75, 3.05) is 89.5 Å². The van der Waals surface area contributed by atoms with E-state index in [1.807, 2.05) is 0 Å². The molecule has 48 heteroatoms. The van der Waals surface area contributed by atoms with E-state index in [9.17, 15) is 51.9 Å². The zero-order valence-corrected chi connectivity index (χ0v) is 64.3. The van der Waals surface area contributed by atoms with Crippen LogP contribution in [0.15, 0.2) is 48.5 Å². The highest BCUT2D eigenvalue weighted by Crippen LogP contribution is 2.61. The number of nitrogens with zero attached hydrogens (tertiary/aromatic N) is 16. The molecule has 11 fully saturated rings. The number of ether oxygens (including phenoxy) is 4. The van der Waals surface area contributed by atoms with Crippen molar-refractivity contribution in [2.45, 2.75) is 127 Å². The first kappa shape index (κ1) is 78.4. The van der Waals surface area contributed by atoms with E-state index in [2.05, 4.69) is 0 Å². The molecule has 16 amide bonds. The number of quaternary nitrogens is 4. The summed E-state index contributed by atoms with van der Waals surface area (Å²) in [5.74, 6) is -2.58. The van der Waals surface area contributed by atoms with Crippen molar-refractivity contribution < 1.29 is 109 Å². The van der Waals surface area contributed by atoms with Crippen molar-refractivity contribution in [3.63, 3.8) is 0 Å². The first-order chi connectivity index (χ1) is 49.9. The van der Waals surface area contributed by atoms with Crippen LogP contribution in [0.2, 0.25) is 0 Å². The number of hydrogen-bond donors (Lipinski definition) is 4. The van der Waals surface area contributed by atoms with E-state index >= 15 is 38.4 Å². The Morgan fingerprint density at radius 3 is 0.682 bits per heavy atom. The lowest BCUT2D eigenvalue weighted by molar-refractivity contribution is -0.0871. The average molecular weight is 1620 g/mol. The number of rotatable bonds is 20. The Hall–Kier alpha value is -9.76. The van der Waals surface area contributed by atoms with Gasteiger partial charge in [0.15, 0.2) is 47.3 Å². The summed E-state index contributed by atoms with van der Waals surface area (Å²) in [5, 5.41) is 1.53. The van der Waals surface area contributed by atoms with Crippen LogP contribution in [0.4, 0.5) is 38.4 Å². The molecule has 0 saturated carbocycles. The minimum Gasteiger partial charge on any atom is -0.748 e. The molecule has 600 valence electrons. The molecule has 0 unspecified atom stereocenters. The molecule has 0 bridgehead atoms. The number of carbonyl (C=O) groups excluding carboxylic acids is 8. The van der Waals surface area contributed by atoms with Crippen molar-refractivity contribution in [1.82, 2.24) is 103 Å². The Kier molecular flexibility index (Phi) is 18.5. The van der Waals surface area contributed by atoms with Crippen molar-refractivity contribution in [3.8, 4) is 23.0 Å². The zero-order chi connectivity index (χ0) is 75.1. The lowest BCUT2D eigenvalue weighted by atomic mass is 9.95. The van der Waals surface area contributed by atoms with Gasteiger partial charge in [-0.3, -0.25) is 78.4 Å². The number of urea groups is 8. The molecule has 4 aromatic carbocycles. The maximum atomic E-state index is 15.9. The summed E-state index contributed by atoms with van der Waals surface area (Å²) in [6.07, 6.45) is -6.29. The second-order valence-electron chi connectivity index (χ2n) is 28.8. The molecule has 0 aromatic heterocycles. The lowest BCUT2D eigenvalue weighted by Crippen LogP contribution is -2.69. The molecule has 110 heavy (non-hydrogen) atoms. The third-order valence-electron chi connectivity index (χ3n) is 23.7. The fraction of sp³-hybridized carbons (Fsp3) is 0.548. The fourth-order valence-electron chi connectivity index (χ4n) is 18.6. The van der Waals surface area contributed by atoms with Crippen LogP contribution in [0, 0.1) is 0 Å². The molecule has 44 nitrogen and oxygen atoms in total. The lowest BCUT2D eigenvalue weighted by Gasteiger charge is -2.49. The van der Waals surface area contributed by atoms with E-state index in [-0.39, 0.29) is 148 Å². The van der Waals surface area contributed by atoms with Gasteiger partial charge in [0.25, 0.3) is 0 Å². The summed E-state index contributed by atoms with van der Waals surface area (Å²) >= 11 is 0. The molecule has 17 rings (SSSR count). The van der Waals surface area contributed by atoms with Gasteiger partial charge in [-0.2, -0.15) is 0 Å². The first-order valence-electron chi connectivity index (χ1n) is 34.0. The number of fused-ring (bicyclic) bond motifs is 4. The van der Waals surface area contributed by atoms with Crippen molar-refractivity contribution >= 4 is 110 Å². The smallest absolute Gasteiger partial charge is 0.326 e. The topological polar surface area (TPSA) is 600 Å². The second-order valence-corrected chi connectivity index (χ2v) is 34.9. The van der Waals surface area contributed by atoms with Crippen LogP contribution in [-0.4, -0.2) is 315 Å². The van der Waals surface area contributed by atoms with E-state index in [1.165, 1.54) is 78.4 Å². The van der Waals surface area contributed by atoms with Gasteiger partial charge >= 0.3 is 48.2 Å². The van der Waals surface area contributed by atoms with E-state index < -0.39 is 199 Å². The van der Waals surface area contributed by atoms with Gasteiger partial charge in [0.1, 0.15) is 63.0 Å². The molecule has 16 N–H and O–H groups in total.